The predicted octanol–water partition coefficient (Wildman–Crippen LogP) is 1.83. The molecule has 1 aliphatic rings. The molecule has 1 fully saturated rings. The average molecular weight is 402 g/mol. The number of benzene rings is 1. The lowest BCUT2D eigenvalue weighted by Gasteiger charge is -2.30. The Bertz CT molecular complexity index is 842. The zero-order chi connectivity index (χ0) is 19.5. The third-order valence-corrected chi connectivity index (χ3v) is 7.98. The van der Waals surface area contributed by atoms with Crippen LogP contribution in [0.25, 0.3) is 0 Å². The fraction of sp³-hybridized carbons (Fsp3) is 0.611. The molecule has 0 radical (unpaired) electrons. The number of amides is 1. The van der Waals surface area contributed by atoms with Crippen molar-refractivity contribution in [2.24, 2.45) is 5.92 Å². The quantitative estimate of drug-likeness (QED) is 0.695. The molecule has 0 bridgehead atoms. The molecule has 1 aromatic rings. The lowest BCUT2D eigenvalue weighted by molar-refractivity contribution is -0.133. The first kappa shape index (κ1) is 20.9. The van der Waals surface area contributed by atoms with Gasteiger partial charge < -0.3 is 4.90 Å². The minimum atomic E-state index is -3.55. The summed E-state index contributed by atoms with van der Waals surface area (Å²) in [4.78, 5) is 14.4. The Morgan fingerprint density at radius 1 is 1.23 bits per heavy atom. The van der Waals surface area contributed by atoms with Crippen LogP contribution in [0.1, 0.15) is 32.3 Å². The van der Waals surface area contributed by atoms with E-state index < -0.39 is 19.7 Å². The van der Waals surface area contributed by atoms with Crippen LogP contribution in [0.2, 0.25) is 0 Å². The maximum Gasteiger partial charge on any atom is 0.223 e. The van der Waals surface area contributed by atoms with Crippen molar-refractivity contribution in [1.29, 1.82) is 0 Å². The van der Waals surface area contributed by atoms with E-state index in [1.54, 1.807) is 29.2 Å². The van der Waals surface area contributed by atoms with Gasteiger partial charge in [-0.25, -0.2) is 16.8 Å². The summed E-state index contributed by atoms with van der Waals surface area (Å²) >= 11 is 0. The lowest BCUT2D eigenvalue weighted by atomic mass is 10.1. The maximum atomic E-state index is 12.7. The number of sulfone groups is 2. The van der Waals surface area contributed by atoms with Gasteiger partial charge in [0.05, 0.1) is 22.2 Å². The number of aryl methyl sites for hydroxylation is 1. The molecule has 1 atom stereocenters. The van der Waals surface area contributed by atoms with E-state index in [-0.39, 0.29) is 46.4 Å². The molecule has 1 heterocycles. The molecule has 146 valence electrons. The number of carbonyl (C=O) groups is 1. The van der Waals surface area contributed by atoms with Gasteiger partial charge in [0.1, 0.15) is 0 Å². The summed E-state index contributed by atoms with van der Waals surface area (Å²) in [6.45, 7) is 6.21. The molecule has 2 rings (SSSR count). The van der Waals surface area contributed by atoms with Crippen molar-refractivity contribution in [3.63, 3.8) is 0 Å². The van der Waals surface area contributed by atoms with Crippen LogP contribution in [0.3, 0.4) is 0 Å². The Balaban J connectivity index is 2.08. The molecule has 1 aromatic carbocycles. The first-order valence-electron chi connectivity index (χ1n) is 8.79. The summed E-state index contributed by atoms with van der Waals surface area (Å²) in [7, 11) is -6.66. The van der Waals surface area contributed by atoms with Crippen molar-refractivity contribution in [1.82, 2.24) is 4.90 Å². The second kappa shape index (κ2) is 8.08. The Hall–Kier alpha value is -1.41. The second-order valence-electron chi connectivity index (χ2n) is 7.38. The number of rotatable bonds is 7. The summed E-state index contributed by atoms with van der Waals surface area (Å²) in [5.41, 5.74) is 0.963. The first-order chi connectivity index (χ1) is 12.0. The lowest BCUT2D eigenvalue weighted by Crippen LogP contribution is -2.43. The van der Waals surface area contributed by atoms with Gasteiger partial charge >= 0.3 is 0 Å². The van der Waals surface area contributed by atoms with Crippen molar-refractivity contribution in [2.75, 3.05) is 23.8 Å². The zero-order valence-corrected chi connectivity index (χ0v) is 17.1. The van der Waals surface area contributed by atoms with Gasteiger partial charge in [-0.3, -0.25) is 4.79 Å². The highest BCUT2D eigenvalue weighted by Crippen LogP contribution is 2.21. The molecule has 0 spiro atoms. The summed E-state index contributed by atoms with van der Waals surface area (Å²) in [6.07, 6.45) is 0.283. The second-order valence-corrected chi connectivity index (χ2v) is 11.7. The van der Waals surface area contributed by atoms with E-state index in [4.69, 9.17) is 0 Å². The van der Waals surface area contributed by atoms with Crippen LogP contribution >= 0.6 is 0 Å². The molecule has 26 heavy (non-hydrogen) atoms. The summed E-state index contributed by atoms with van der Waals surface area (Å²) < 4.78 is 48.4. The van der Waals surface area contributed by atoms with Crippen LogP contribution in [-0.4, -0.2) is 57.5 Å². The highest BCUT2D eigenvalue weighted by molar-refractivity contribution is 7.91. The fourth-order valence-electron chi connectivity index (χ4n) is 3.10. The van der Waals surface area contributed by atoms with Gasteiger partial charge in [0, 0.05) is 19.0 Å². The maximum absolute atomic E-state index is 12.7. The zero-order valence-electron chi connectivity index (χ0n) is 15.5. The molecular formula is C18H27NO5S2. The van der Waals surface area contributed by atoms with E-state index in [2.05, 4.69) is 0 Å². The van der Waals surface area contributed by atoms with Crippen LogP contribution in [-0.2, 0) is 24.5 Å². The molecule has 0 aromatic heterocycles. The summed E-state index contributed by atoms with van der Waals surface area (Å²) in [5, 5.41) is 0. The predicted molar refractivity (Wildman–Crippen MR) is 101 cm³/mol. The Labute approximate surface area is 156 Å². The van der Waals surface area contributed by atoms with E-state index in [1.807, 2.05) is 20.8 Å². The third-order valence-electron chi connectivity index (χ3n) is 4.50. The Kier molecular flexibility index (Phi) is 6.50. The van der Waals surface area contributed by atoms with Crippen molar-refractivity contribution in [3.8, 4) is 0 Å². The van der Waals surface area contributed by atoms with Crippen molar-refractivity contribution in [2.45, 2.75) is 44.6 Å². The molecule has 0 aliphatic carbocycles. The van der Waals surface area contributed by atoms with E-state index in [0.717, 1.165) is 5.56 Å². The van der Waals surface area contributed by atoms with E-state index >= 15 is 0 Å². The molecule has 1 saturated heterocycles. The molecule has 6 nitrogen and oxygen atoms in total. The van der Waals surface area contributed by atoms with Crippen molar-refractivity contribution < 1.29 is 21.6 Å². The molecule has 1 aliphatic heterocycles. The van der Waals surface area contributed by atoms with Gasteiger partial charge in [-0.2, -0.15) is 0 Å². The normalized spacial score (nSPS) is 19.6. The SMILES string of the molecule is Cc1ccc(S(=O)(=O)CCC(=O)N(CC(C)C)C2CCS(=O)(=O)C2)cc1. The standard InChI is InChI=1S/C18H27NO5S2/c1-14(2)12-19(16-8-10-25(21,22)13-16)18(20)9-11-26(23,24)17-6-4-15(3)5-7-17/h4-7,14,16H,8-13H2,1-3H3. The molecule has 1 unspecified atom stereocenters. The van der Waals surface area contributed by atoms with Crippen LogP contribution in [0.15, 0.2) is 29.2 Å². The number of carbonyl (C=O) groups excluding carboxylic acids is 1. The van der Waals surface area contributed by atoms with Crippen LogP contribution in [0, 0.1) is 12.8 Å². The molecular weight excluding hydrogens is 374 g/mol. The van der Waals surface area contributed by atoms with Gasteiger partial charge in [-0.15, -0.1) is 0 Å². The number of hydrogen-bond acceptors (Lipinski definition) is 5. The minimum Gasteiger partial charge on any atom is -0.338 e. The largest absolute Gasteiger partial charge is 0.338 e. The Morgan fingerprint density at radius 3 is 2.35 bits per heavy atom. The third kappa shape index (κ3) is 5.54. The molecule has 0 saturated carbocycles. The number of hydrogen-bond donors (Lipinski definition) is 0. The van der Waals surface area contributed by atoms with Crippen LogP contribution in [0.4, 0.5) is 0 Å². The van der Waals surface area contributed by atoms with Gasteiger partial charge in [-0.1, -0.05) is 31.5 Å². The molecule has 1 amide bonds. The topological polar surface area (TPSA) is 88.6 Å². The van der Waals surface area contributed by atoms with E-state index in [0.29, 0.717) is 13.0 Å². The van der Waals surface area contributed by atoms with E-state index in [1.165, 1.54) is 0 Å². The van der Waals surface area contributed by atoms with Gasteiger partial charge in [0.2, 0.25) is 5.91 Å². The Morgan fingerprint density at radius 2 is 1.85 bits per heavy atom. The molecule has 8 heteroatoms. The fourth-order valence-corrected chi connectivity index (χ4v) is 6.06. The van der Waals surface area contributed by atoms with Crippen molar-refractivity contribution in [3.05, 3.63) is 29.8 Å². The summed E-state index contributed by atoms with van der Waals surface area (Å²) in [6, 6.07) is 6.19. The van der Waals surface area contributed by atoms with Gasteiger partial charge in [0.25, 0.3) is 0 Å². The smallest absolute Gasteiger partial charge is 0.223 e. The highest BCUT2D eigenvalue weighted by atomic mass is 32.2. The van der Waals surface area contributed by atoms with Gasteiger partial charge in [0.15, 0.2) is 19.7 Å². The number of nitrogens with zero attached hydrogens (tertiary/aromatic N) is 1. The van der Waals surface area contributed by atoms with E-state index in [9.17, 15) is 21.6 Å². The highest BCUT2D eigenvalue weighted by Gasteiger charge is 2.35. The first-order valence-corrected chi connectivity index (χ1v) is 12.3. The van der Waals surface area contributed by atoms with Gasteiger partial charge in [-0.05, 0) is 31.4 Å². The van der Waals surface area contributed by atoms with Crippen molar-refractivity contribution >= 4 is 25.6 Å². The molecule has 0 N–H and O–H groups in total. The average Bonchev–Trinajstić information content (AvgIpc) is 2.90. The summed E-state index contributed by atoms with van der Waals surface area (Å²) in [5.74, 6) is -0.340. The monoisotopic (exact) mass is 401 g/mol. The van der Waals surface area contributed by atoms with Crippen LogP contribution < -0.4 is 0 Å². The van der Waals surface area contributed by atoms with Crippen LogP contribution in [0.5, 0.6) is 0 Å². The minimum absolute atomic E-state index is 0.0316.